The Balaban J connectivity index is 2.36. The average Bonchev–Trinajstić information content (AvgIpc) is 2.36. The minimum Gasteiger partial charge on any atom is -0.236 e. The molecule has 5 heteroatoms. The Hall–Kier alpha value is -0.640. The van der Waals surface area contributed by atoms with Gasteiger partial charge in [-0.3, -0.25) is 0 Å². The second kappa shape index (κ2) is 6.00. The van der Waals surface area contributed by atoms with Crippen molar-refractivity contribution >= 4 is 39.1 Å². The van der Waals surface area contributed by atoms with Crippen molar-refractivity contribution in [3.05, 3.63) is 56.0 Å². The summed E-state index contributed by atoms with van der Waals surface area (Å²) in [5.74, 6) is 0.688. The molecule has 0 spiro atoms. The standard InChI is InChI=1S/C13H11BrCl2N2/c1-2-10-12(14)13(16)18-11(17-10)7-8-5-3-4-6-9(8)15/h3-6H,2,7H2,1H3. The molecule has 1 aromatic carbocycles. The molecular formula is C13H11BrCl2N2. The summed E-state index contributed by atoms with van der Waals surface area (Å²) >= 11 is 15.6. The average molecular weight is 346 g/mol. The van der Waals surface area contributed by atoms with Crippen molar-refractivity contribution in [3.63, 3.8) is 0 Å². The van der Waals surface area contributed by atoms with Crippen molar-refractivity contribution in [1.29, 1.82) is 0 Å². The van der Waals surface area contributed by atoms with Crippen LogP contribution in [0, 0.1) is 0 Å². The zero-order chi connectivity index (χ0) is 13.1. The van der Waals surface area contributed by atoms with Crippen molar-refractivity contribution in [2.45, 2.75) is 19.8 Å². The first kappa shape index (κ1) is 13.8. The van der Waals surface area contributed by atoms with Crippen LogP contribution < -0.4 is 0 Å². The minimum atomic E-state index is 0.448. The number of nitrogens with zero attached hydrogens (tertiary/aromatic N) is 2. The van der Waals surface area contributed by atoms with E-state index < -0.39 is 0 Å². The molecule has 0 saturated heterocycles. The zero-order valence-corrected chi connectivity index (χ0v) is 12.8. The van der Waals surface area contributed by atoms with E-state index in [1.54, 1.807) is 0 Å². The molecule has 0 aliphatic rings. The molecule has 2 aromatic rings. The van der Waals surface area contributed by atoms with Gasteiger partial charge in [0, 0.05) is 11.4 Å². The molecule has 0 amide bonds. The fourth-order valence-electron chi connectivity index (χ4n) is 1.64. The van der Waals surface area contributed by atoms with E-state index >= 15 is 0 Å². The zero-order valence-electron chi connectivity index (χ0n) is 9.75. The molecule has 94 valence electrons. The molecule has 0 bridgehead atoms. The highest BCUT2D eigenvalue weighted by atomic mass is 79.9. The quantitative estimate of drug-likeness (QED) is 0.753. The molecule has 0 N–H and O–H groups in total. The van der Waals surface area contributed by atoms with Gasteiger partial charge in [-0.1, -0.05) is 48.3 Å². The number of aryl methyl sites for hydroxylation is 1. The number of hydrogen-bond acceptors (Lipinski definition) is 2. The van der Waals surface area contributed by atoms with E-state index in [0.717, 1.165) is 27.2 Å². The first-order valence-electron chi connectivity index (χ1n) is 5.56. The van der Waals surface area contributed by atoms with Crippen LogP contribution in [0.2, 0.25) is 10.2 Å². The van der Waals surface area contributed by atoms with E-state index in [9.17, 15) is 0 Å². The van der Waals surface area contributed by atoms with Gasteiger partial charge < -0.3 is 0 Å². The Labute approximate surface area is 124 Å². The van der Waals surface area contributed by atoms with Crippen LogP contribution >= 0.6 is 39.1 Å². The second-order valence-electron chi connectivity index (χ2n) is 3.81. The molecule has 0 aliphatic heterocycles. The van der Waals surface area contributed by atoms with Gasteiger partial charge in [0.15, 0.2) is 0 Å². The van der Waals surface area contributed by atoms with E-state index in [1.807, 2.05) is 31.2 Å². The predicted molar refractivity (Wildman–Crippen MR) is 78.4 cm³/mol. The lowest BCUT2D eigenvalue weighted by Crippen LogP contribution is -2.02. The highest BCUT2D eigenvalue weighted by Crippen LogP contribution is 2.25. The maximum atomic E-state index is 6.12. The van der Waals surface area contributed by atoms with Crippen LogP contribution in [-0.2, 0) is 12.8 Å². The van der Waals surface area contributed by atoms with Crippen LogP contribution in [0.15, 0.2) is 28.7 Å². The van der Waals surface area contributed by atoms with Gasteiger partial charge in [-0.15, -0.1) is 0 Å². The summed E-state index contributed by atoms with van der Waals surface area (Å²) in [5, 5.41) is 1.17. The van der Waals surface area contributed by atoms with E-state index in [2.05, 4.69) is 25.9 Å². The van der Waals surface area contributed by atoms with Crippen LogP contribution in [0.3, 0.4) is 0 Å². The van der Waals surface area contributed by atoms with Gasteiger partial charge in [-0.2, -0.15) is 0 Å². The van der Waals surface area contributed by atoms with Crippen molar-refractivity contribution in [1.82, 2.24) is 9.97 Å². The maximum absolute atomic E-state index is 6.12. The van der Waals surface area contributed by atoms with Crippen molar-refractivity contribution in [3.8, 4) is 0 Å². The third-order valence-corrected chi connectivity index (χ3v) is 4.27. The summed E-state index contributed by atoms with van der Waals surface area (Å²) in [6, 6.07) is 7.67. The lowest BCUT2D eigenvalue weighted by Gasteiger charge is -2.07. The van der Waals surface area contributed by atoms with Gasteiger partial charge in [0.2, 0.25) is 0 Å². The van der Waals surface area contributed by atoms with Gasteiger partial charge >= 0.3 is 0 Å². The summed E-state index contributed by atoms with van der Waals surface area (Å²) in [6.45, 7) is 2.03. The van der Waals surface area contributed by atoms with Crippen LogP contribution in [0.1, 0.15) is 24.0 Å². The van der Waals surface area contributed by atoms with Crippen molar-refractivity contribution in [2.24, 2.45) is 0 Å². The van der Waals surface area contributed by atoms with Gasteiger partial charge in [0.25, 0.3) is 0 Å². The molecule has 0 unspecified atom stereocenters. The SMILES string of the molecule is CCc1nc(Cc2ccccc2Cl)nc(Cl)c1Br. The van der Waals surface area contributed by atoms with Gasteiger partial charge in [-0.25, -0.2) is 9.97 Å². The lowest BCUT2D eigenvalue weighted by atomic mass is 10.1. The molecule has 0 saturated carbocycles. The molecule has 0 radical (unpaired) electrons. The second-order valence-corrected chi connectivity index (χ2v) is 5.37. The highest BCUT2D eigenvalue weighted by Gasteiger charge is 2.10. The smallest absolute Gasteiger partial charge is 0.147 e. The summed E-state index contributed by atoms with van der Waals surface area (Å²) in [4.78, 5) is 8.75. The van der Waals surface area contributed by atoms with E-state index in [4.69, 9.17) is 23.2 Å². The van der Waals surface area contributed by atoms with Gasteiger partial charge in [0.1, 0.15) is 11.0 Å². The Morgan fingerprint density at radius 1 is 1.17 bits per heavy atom. The van der Waals surface area contributed by atoms with E-state index in [0.29, 0.717) is 17.4 Å². The molecule has 0 fully saturated rings. The van der Waals surface area contributed by atoms with Crippen LogP contribution in [0.4, 0.5) is 0 Å². The molecule has 1 heterocycles. The minimum absolute atomic E-state index is 0.448. The van der Waals surface area contributed by atoms with E-state index in [-0.39, 0.29) is 0 Å². The predicted octanol–water partition coefficient (Wildman–Crippen LogP) is 4.70. The third-order valence-electron chi connectivity index (χ3n) is 2.57. The molecule has 0 aliphatic carbocycles. The van der Waals surface area contributed by atoms with Crippen molar-refractivity contribution < 1.29 is 0 Å². The highest BCUT2D eigenvalue weighted by molar-refractivity contribution is 9.10. The Morgan fingerprint density at radius 2 is 1.89 bits per heavy atom. The Kier molecular flexibility index (Phi) is 4.60. The van der Waals surface area contributed by atoms with Crippen LogP contribution in [0.25, 0.3) is 0 Å². The summed E-state index contributed by atoms with van der Waals surface area (Å²) in [7, 11) is 0. The van der Waals surface area contributed by atoms with Crippen LogP contribution in [-0.4, -0.2) is 9.97 Å². The normalized spacial score (nSPS) is 10.7. The third kappa shape index (κ3) is 3.02. The summed E-state index contributed by atoms with van der Waals surface area (Å²) in [6.07, 6.45) is 1.39. The molecule has 2 rings (SSSR count). The van der Waals surface area contributed by atoms with Crippen LogP contribution in [0.5, 0.6) is 0 Å². The Bertz CT molecular complexity index is 573. The first-order chi connectivity index (χ1) is 8.61. The number of aromatic nitrogens is 2. The maximum Gasteiger partial charge on any atom is 0.147 e. The molecule has 1 aromatic heterocycles. The molecule has 18 heavy (non-hydrogen) atoms. The number of rotatable bonds is 3. The van der Waals surface area contributed by atoms with Gasteiger partial charge in [-0.05, 0) is 34.0 Å². The number of hydrogen-bond donors (Lipinski definition) is 0. The largest absolute Gasteiger partial charge is 0.236 e. The van der Waals surface area contributed by atoms with Gasteiger partial charge in [0.05, 0.1) is 10.2 Å². The fraction of sp³-hybridized carbons (Fsp3) is 0.231. The first-order valence-corrected chi connectivity index (χ1v) is 7.11. The molecular weight excluding hydrogens is 335 g/mol. The summed E-state index contributed by atoms with van der Waals surface area (Å²) < 4.78 is 0.773. The van der Waals surface area contributed by atoms with E-state index in [1.165, 1.54) is 0 Å². The summed E-state index contributed by atoms with van der Waals surface area (Å²) in [5.41, 5.74) is 1.91. The number of halogens is 3. The monoisotopic (exact) mass is 344 g/mol. The lowest BCUT2D eigenvalue weighted by molar-refractivity contribution is 0.896. The Morgan fingerprint density at radius 3 is 2.56 bits per heavy atom. The van der Waals surface area contributed by atoms with Crippen molar-refractivity contribution in [2.75, 3.05) is 0 Å². The fourth-order valence-corrected chi connectivity index (χ4v) is 2.50. The molecule has 0 atom stereocenters. The molecule has 2 nitrogen and oxygen atoms in total. The number of benzene rings is 1. The topological polar surface area (TPSA) is 25.8 Å².